The van der Waals surface area contributed by atoms with E-state index < -0.39 is 0 Å². The van der Waals surface area contributed by atoms with E-state index in [1.807, 2.05) is 35.9 Å². The average molecular weight is 297 g/mol. The topological polar surface area (TPSA) is 60.0 Å². The molecular weight excluding hydrogens is 278 g/mol. The Morgan fingerprint density at radius 3 is 3.05 bits per heavy atom. The molecule has 0 N–H and O–H groups in total. The monoisotopic (exact) mass is 297 g/mol. The molecule has 22 heavy (non-hydrogen) atoms. The van der Waals surface area contributed by atoms with Crippen LogP contribution < -0.4 is 0 Å². The van der Waals surface area contributed by atoms with Crippen molar-refractivity contribution in [3.05, 3.63) is 42.3 Å². The zero-order valence-corrected chi connectivity index (χ0v) is 12.6. The van der Waals surface area contributed by atoms with Gasteiger partial charge in [-0.3, -0.25) is 4.90 Å². The van der Waals surface area contributed by atoms with Crippen LogP contribution in [0, 0.1) is 0 Å². The number of rotatable bonds is 3. The van der Waals surface area contributed by atoms with Crippen molar-refractivity contribution in [2.75, 3.05) is 13.1 Å². The van der Waals surface area contributed by atoms with Crippen LogP contribution in [-0.4, -0.2) is 37.7 Å². The Kier molecular flexibility index (Phi) is 3.38. The summed E-state index contributed by atoms with van der Waals surface area (Å²) in [6.45, 7) is 2.87. The Morgan fingerprint density at radius 2 is 2.23 bits per heavy atom. The van der Waals surface area contributed by atoms with E-state index in [1.165, 1.54) is 0 Å². The summed E-state index contributed by atoms with van der Waals surface area (Å²) in [5, 5.41) is 8.12. The van der Waals surface area contributed by atoms with Crippen LogP contribution in [0.5, 0.6) is 0 Å². The van der Waals surface area contributed by atoms with Gasteiger partial charge in [-0.05, 0) is 31.5 Å². The first-order chi connectivity index (χ1) is 10.8. The van der Waals surface area contributed by atoms with E-state index >= 15 is 0 Å². The van der Waals surface area contributed by atoms with Crippen molar-refractivity contribution >= 4 is 11.1 Å². The Bertz CT molecular complexity index is 745. The second-order valence-corrected chi connectivity index (χ2v) is 5.95. The van der Waals surface area contributed by atoms with E-state index in [9.17, 15) is 0 Å². The number of aromatic nitrogens is 4. The lowest BCUT2D eigenvalue weighted by atomic mass is 9.98. The summed E-state index contributed by atoms with van der Waals surface area (Å²) in [7, 11) is 1.98. The van der Waals surface area contributed by atoms with Gasteiger partial charge < -0.3 is 8.98 Å². The van der Waals surface area contributed by atoms with Crippen LogP contribution in [0.25, 0.3) is 11.1 Å². The van der Waals surface area contributed by atoms with E-state index in [1.54, 1.807) is 6.33 Å². The summed E-state index contributed by atoms with van der Waals surface area (Å²) in [6.07, 6.45) is 4.03. The molecule has 3 heterocycles. The third kappa shape index (κ3) is 2.50. The van der Waals surface area contributed by atoms with Crippen LogP contribution in [0.3, 0.4) is 0 Å². The summed E-state index contributed by atoms with van der Waals surface area (Å²) in [6, 6.07) is 7.96. The minimum atomic E-state index is 0.356. The van der Waals surface area contributed by atoms with E-state index in [0.29, 0.717) is 5.92 Å². The highest BCUT2D eigenvalue weighted by molar-refractivity contribution is 5.72. The zero-order valence-electron chi connectivity index (χ0n) is 12.6. The van der Waals surface area contributed by atoms with Gasteiger partial charge in [0, 0.05) is 19.5 Å². The fourth-order valence-corrected chi connectivity index (χ4v) is 3.12. The lowest BCUT2D eigenvalue weighted by molar-refractivity contribution is 0.182. The van der Waals surface area contributed by atoms with Crippen molar-refractivity contribution in [3.63, 3.8) is 0 Å². The predicted molar refractivity (Wildman–Crippen MR) is 82.3 cm³/mol. The summed E-state index contributed by atoms with van der Waals surface area (Å²) in [4.78, 5) is 7.07. The second-order valence-electron chi connectivity index (χ2n) is 5.95. The van der Waals surface area contributed by atoms with Crippen molar-refractivity contribution in [2.24, 2.45) is 7.05 Å². The molecule has 1 aliphatic rings. The fourth-order valence-electron chi connectivity index (χ4n) is 3.12. The summed E-state index contributed by atoms with van der Waals surface area (Å²) in [5.74, 6) is 2.22. The lowest BCUT2D eigenvalue weighted by Crippen LogP contribution is -2.34. The molecule has 0 radical (unpaired) electrons. The molecule has 0 unspecified atom stereocenters. The Hall–Kier alpha value is -2.21. The van der Waals surface area contributed by atoms with E-state index in [0.717, 1.165) is 55.3 Å². The number of benzene rings is 1. The number of aryl methyl sites for hydroxylation is 1. The molecule has 2 aromatic heterocycles. The minimum absolute atomic E-state index is 0.356. The molecule has 114 valence electrons. The highest BCUT2D eigenvalue weighted by Gasteiger charge is 2.26. The van der Waals surface area contributed by atoms with E-state index in [2.05, 4.69) is 20.1 Å². The molecule has 6 heteroatoms. The number of piperidine rings is 1. The third-order valence-corrected chi connectivity index (χ3v) is 4.34. The molecule has 0 saturated carbocycles. The first-order valence-corrected chi connectivity index (χ1v) is 7.70. The standard InChI is InChI=1S/C16H19N5O/c1-20-11-17-19-15(20)10-21-8-4-5-12(9-21)16-18-13-6-2-3-7-14(13)22-16/h2-3,6-7,11-12H,4-5,8-10H2,1H3/t12-/m0/s1. The highest BCUT2D eigenvalue weighted by Crippen LogP contribution is 2.29. The number of nitrogens with zero attached hydrogens (tertiary/aromatic N) is 5. The highest BCUT2D eigenvalue weighted by atomic mass is 16.3. The molecule has 1 fully saturated rings. The molecule has 3 aromatic rings. The van der Waals surface area contributed by atoms with Gasteiger partial charge in [0.15, 0.2) is 11.5 Å². The molecule has 1 atom stereocenters. The van der Waals surface area contributed by atoms with E-state index in [-0.39, 0.29) is 0 Å². The van der Waals surface area contributed by atoms with Crippen molar-refractivity contribution in [1.82, 2.24) is 24.6 Å². The molecule has 4 rings (SSSR count). The smallest absolute Gasteiger partial charge is 0.199 e. The summed E-state index contributed by atoms with van der Waals surface area (Å²) >= 11 is 0. The van der Waals surface area contributed by atoms with Gasteiger partial charge in [-0.15, -0.1) is 10.2 Å². The number of hydrogen-bond acceptors (Lipinski definition) is 5. The van der Waals surface area contributed by atoms with Gasteiger partial charge in [0.25, 0.3) is 0 Å². The number of para-hydroxylation sites is 2. The first-order valence-electron chi connectivity index (χ1n) is 7.70. The van der Waals surface area contributed by atoms with Crippen molar-refractivity contribution < 1.29 is 4.42 Å². The van der Waals surface area contributed by atoms with Crippen LogP contribution in [0.1, 0.15) is 30.5 Å². The fraction of sp³-hybridized carbons (Fsp3) is 0.438. The van der Waals surface area contributed by atoms with Crippen LogP contribution in [0.15, 0.2) is 35.0 Å². The summed E-state index contributed by atoms with van der Waals surface area (Å²) in [5.41, 5.74) is 1.82. The van der Waals surface area contributed by atoms with Gasteiger partial charge >= 0.3 is 0 Å². The number of oxazole rings is 1. The van der Waals surface area contributed by atoms with Gasteiger partial charge in [-0.25, -0.2) is 4.98 Å². The largest absolute Gasteiger partial charge is 0.440 e. The normalized spacial score (nSPS) is 19.8. The van der Waals surface area contributed by atoms with Gasteiger partial charge in [-0.2, -0.15) is 0 Å². The van der Waals surface area contributed by atoms with Gasteiger partial charge in [0.1, 0.15) is 17.7 Å². The van der Waals surface area contributed by atoms with E-state index in [4.69, 9.17) is 4.42 Å². The van der Waals surface area contributed by atoms with Crippen LogP contribution in [-0.2, 0) is 13.6 Å². The number of likely N-dealkylation sites (tertiary alicyclic amines) is 1. The van der Waals surface area contributed by atoms with Gasteiger partial charge in [-0.1, -0.05) is 12.1 Å². The predicted octanol–water partition coefficient (Wildman–Crippen LogP) is 2.34. The van der Waals surface area contributed by atoms with Crippen molar-refractivity contribution in [2.45, 2.75) is 25.3 Å². The summed E-state index contributed by atoms with van der Waals surface area (Å²) < 4.78 is 7.92. The molecular formula is C16H19N5O. The maximum absolute atomic E-state index is 5.94. The lowest BCUT2D eigenvalue weighted by Gasteiger charge is -2.30. The molecule has 0 bridgehead atoms. The molecule has 0 amide bonds. The molecule has 0 spiro atoms. The molecule has 0 aliphatic carbocycles. The van der Waals surface area contributed by atoms with Gasteiger partial charge in [0.2, 0.25) is 0 Å². The number of fused-ring (bicyclic) bond motifs is 1. The Labute approximate surface area is 128 Å². The van der Waals surface area contributed by atoms with Crippen LogP contribution in [0.2, 0.25) is 0 Å². The van der Waals surface area contributed by atoms with Crippen LogP contribution >= 0.6 is 0 Å². The third-order valence-electron chi connectivity index (χ3n) is 4.34. The molecule has 6 nitrogen and oxygen atoms in total. The number of hydrogen-bond donors (Lipinski definition) is 0. The second kappa shape index (κ2) is 5.53. The van der Waals surface area contributed by atoms with Gasteiger partial charge in [0.05, 0.1) is 6.54 Å². The quantitative estimate of drug-likeness (QED) is 0.742. The Balaban J connectivity index is 1.51. The first kappa shape index (κ1) is 13.5. The maximum atomic E-state index is 5.94. The van der Waals surface area contributed by atoms with Crippen molar-refractivity contribution in [1.29, 1.82) is 0 Å². The Morgan fingerprint density at radius 1 is 1.32 bits per heavy atom. The zero-order chi connectivity index (χ0) is 14.9. The van der Waals surface area contributed by atoms with Crippen molar-refractivity contribution in [3.8, 4) is 0 Å². The maximum Gasteiger partial charge on any atom is 0.199 e. The molecule has 1 aromatic carbocycles. The molecule has 1 aliphatic heterocycles. The van der Waals surface area contributed by atoms with Crippen LogP contribution in [0.4, 0.5) is 0 Å². The SMILES string of the molecule is Cn1cnnc1CN1CCC[C@H](c2nc3ccccc3o2)C1. The molecule has 1 saturated heterocycles. The minimum Gasteiger partial charge on any atom is -0.440 e. The average Bonchev–Trinajstić information content (AvgIpc) is 3.14.